The molecular weight excluding hydrogens is 146 g/mol. The van der Waals surface area contributed by atoms with Gasteiger partial charge in [0.05, 0.1) is 6.26 Å². The van der Waals surface area contributed by atoms with E-state index in [1.54, 1.807) is 12.1 Å². The van der Waals surface area contributed by atoms with Crippen LogP contribution in [0.1, 0.15) is 11.7 Å². The third-order valence-electron chi connectivity index (χ3n) is 1.42. The summed E-state index contributed by atoms with van der Waals surface area (Å²) in [6, 6.07) is 3.24. The third kappa shape index (κ3) is 1.59. The van der Waals surface area contributed by atoms with E-state index in [4.69, 9.17) is 15.3 Å². The van der Waals surface area contributed by atoms with Crippen LogP contribution >= 0.6 is 0 Å². The smallest absolute Gasteiger partial charge is 0.315 e. The molecule has 0 saturated heterocycles. The van der Waals surface area contributed by atoms with Crippen LogP contribution in [0.4, 0.5) is 0 Å². The number of aliphatic carboxylic acids is 1. The highest BCUT2D eigenvalue weighted by Gasteiger charge is 2.19. The Morgan fingerprint density at radius 2 is 2.55 bits per heavy atom. The van der Waals surface area contributed by atoms with Gasteiger partial charge in [-0.25, -0.2) is 0 Å². The van der Waals surface area contributed by atoms with Crippen LogP contribution in [0.25, 0.3) is 0 Å². The zero-order valence-electron chi connectivity index (χ0n) is 5.86. The molecular formula is C7H9NO3. The zero-order chi connectivity index (χ0) is 8.27. The van der Waals surface area contributed by atoms with E-state index >= 15 is 0 Å². The number of carboxylic acids is 1. The fourth-order valence-electron chi connectivity index (χ4n) is 0.828. The molecule has 3 N–H and O–H groups in total. The SMILES string of the molecule is NC[C@@H](C(=O)O)c1ccco1. The van der Waals surface area contributed by atoms with Crippen LogP contribution in [-0.4, -0.2) is 17.6 Å². The molecule has 1 heterocycles. The second kappa shape index (κ2) is 3.21. The highest BCUT2D eigenvalue weighted by atomic mass is 16.4. The fourth-order valence-corrected chi connectivity index (χ4v) is 0.828. The van der Waals surface area contributed by atoms with E-state index in [1.807, 2.05) is 0 Å². The summed E-state index contributed by atoms with van der Waals surface area (Å²) in [6.07, 6.45) is 1.43. The molecule has 0 bridgehead atoms. The average molecular weight is 155 g/mol. The van der Waals surface area contributed by atoms with Crippen molar-refractivity contribution in [2.45, 2.75) is 5.92 Å². The first-order valence-electron chi connectivity index (χ1n) is 3.22. The first-order valence-corrected chi connectivity index (χ1v) is 3.22. The zero-order valence-corrected chi connectivity index (χ0v) is 5.86. The molecule has 4 nitrogen and oxygen atoms in total. The van der Waals surface area contributed by atoms with Crippen molar-refractivity contribution in [1.29, 1.82) is 0 Å². The van der Waals surface area contributed by atoms with Crippen molar-refractivity contribution >= 4 is 5.97 Å². The van der Waals surface area contributed by atoms with Crippen molar-refractivity contribution in [2.75, 3.05) is 6.54 Å². The van der Waals surface area contributed by atoms with E-state index in [2.05, 4.69) is 0 Å². The minimum absolute atomic E-state index is 0.0584. The van der Waals surface area contributed by atoms with Crippen LogP contribution in [0.5, 0.6) is 0 Å². The molecule has 0 aliphatic rings. The number of carboxylic acid groups (broad SMARTS) is 1. The summed E-state index contributed by atoms with van der Waals surface area (Å²) in [5.41, 5.74) is 5.22. The first-order chi connectivity index (χ1) is 5.25. The molecule has 1 rings (SSSR count). The Balaban J connectivity index is 2.79. The molecule has 0 unspecified atom stereocenters. The summed E-state index contributed by atoms with van der Waals surface area (Å²) in [4.78, 5) is 10.5. The molecule has 1 aromatic heterocycles. The van der Waals surface area contributed by atoms with Gasteiger partial charge in [-0.15, -0.1) is 0 Å². The van der Waals surface area contributed by atoms with Gasteiger partial charge in [-0.1, -0.05) is 0 Å². The lowest BCUT2D eigenvalue weighted by molar-refractivity contribution is -0.138. The van der Waals surface area contributed by atoms with Crippen LogP contribution in [0, 0.1) is 0 Å². The summed E-state index contributed by atoms with van der Waals surface area (Å²) in [5, 5.41) is 8.61. The van der Waals surface area contributed by atoms with Gasteiger partial charge in [-0.05, 0) is 12.1 Å². The van der Waals surface area contributed by atoms with Crippen molar-refractivity contribution in [1.82, 2.24) is 0 Å². The molecule has 0 amide bonds. The van der Waals surface area contributed by atoms with Crippen molar-refractivity contribution < 1.29 is 14.3 Å². The third-order valence-corrected chi connectivity index (χ3v) is 1.42. The van der Waals surface area contributed by atoms with E-state index in [0.29, 0.717) is 5.76 Å². The Kier molecular flexibility index (Phi) is 2.28. The van der Waals surface area contributed by atoms with Gasteiger partial charge < -0.3 is 15.3 Å². The maximum Gasteiger partial charge on any atom is 0.315 e. The van der Waals surface area contributed by atoms with Crippen LogP contribution in [-0.2, 0) is 4.79 Å². The molecule has 0 spiro atoms. The molecule has 0 aliphatic heterocycles. The van der Waals surface area contributed by atoms with Crippen molar-refractivity contribution in [3.05, 3.63) is 24.2 Å². The Hall–Kier alpha value is -1.29. The number of nitrogens with two attached hydrogens (primary N) is 1. The van der Waals surface area contributed by atoms with E-state index in [9.17, 15) is 4.79 Å². The van der Waals surface area contributed by atoms with Gasteiger partial charge in [0.2, 0.25) is 0 Å². The molecule has 1 atom stereocenters. The van der Waals surface area contributed by atoms with Crippen LogP contribution in [0.3, 0.4) is 0 Å². The maximum atomic E-state index is 10.5. The minimum atomic E-state index is -0.956. The summed E-state index contributed by atoms with van der Waals surface area (Å²) in [5.74, 6) is -1.27. The molecule has 11 heavy (non-hydrogen) atoms. The predicted molar refractivity (Wildman–Crippen MR) is 38.1 cm³/mol. The number of hydrogen-bond acceptors (Lipinski definition) is 3. The van der Waals surface area contributed by atoms with E-state index in [-0.39, 0.29) is 6.54 Å². The van der Waals surface area contributed by atoms with Gasteiger partial charge in [0.1, 0.15) is 11.7 Å². The van der Waals surface area contributed by atoms with Gasteiger partial charge >= 0.3 is 5.97 Å². The van der Waals surface area contributed by atoms with Gasteiger partial charge in [0, 0.05) is 6.54 Å². The summed E-state index contributed by atoms with van der Waals surface area (Å²) in [7, 11) is 0. The predicted octanol–water partition coefficient (Wildman–Crippen LogP) is 0.406. The normalized spacial score (nSPS) is 12.8. The van der Waals surface area contributed by atoms with Crippen molar-refractivity contribution in [3.8, 4) is 0 Å². The first kappa shape index (κ1) is 7.81. The monoisotopic (exact) mass is 155 g/mol. The fraction of sp³-hybridized carbons (Fsp3) is 0.286. The van der Waals surface area contributed by atoms with Gasteiger partial charge in [0.15, 0.2) is 0 Å². The number of hydrogen-bond donors (Lipinski definition) is 2. The van der Waals surface area contributed by atoms with Crippen molar-refractivity contribution in [3.63, 3.8) is 0 Å². The van der Waals surface area contributed by atoms with Gasteiger partial charge in [0.25, 0.3) is 0 Å². The Morgan fingerprint density at radius 1 is 1.82 bits per heavy atom. The molecule has 60 valence electrons. The second-order valence-electron chi connectivity index (χ2n) is 2.14. The van der Waals surface area contributed by atoms with Gasteiger partial charge in [-0.2, -0.15) is 0 Å². The van der Waals surface area contributed by atoms with Crippen molar-refractivity contribution in [2.24, 2.45) is 5.73 Å². The lowest BCUT2D eigenvalue weighted by Gasteiger charge is -2.04. The molecule has 4 heteroatoms. The Labute approximate surface area is 63.6 Å². The maximum absolute atomic E-state index is 10.5. The minimum Gasteiger partial charge on any atom is -0.481 e. The van der Waals surface area contributed by atoms with Gasteiger partial charge in [-0.3, -0.25) is 4.79 Å². The topological polar surface area (TPSA) is 76.5 Å². The van der Waals surface area contributed by atoms with Crippen LogP contribution in [0.15, 0.2) is 22.8 Å². The second-order valence-corrected chi connectivity index (χ2v) is 2.14. The van der Waals surface area contributed by atoms with E-state index in [0.717, 1.165) is 0 Å². The molecule has 0 saturated carbocycles. The summed E-state index contributed by atoms with van der Waals surface area (Å²) >= 11 is 0. The molecule has 0 fully saturated rings. The van der Waals surface area contributed by atoms with Crippen LogP contribution in [0.2, 0.25) is 0 Å². The number of rotatable bonds is 3. The highest BCUT2D eigenvalue weighted by molar-refractivity contribution is 5.75. The Morgan fingerprint density at radius 3 is 2.91 bits per heavy atom. The molecule has 0 aliphatic carbocycles. The summed E-state index contributed by atoms with van der Waals surface area (Å²) < 4.78 is 4.89. The highest BCUT2D eigenvalue weighted by Crippen LogP contribution is 2.14. The Bertz CT molecular complexity index is 230. The quantitative estimate of drug-likeness (QED) is 0.662. The number of furan rings is 1. The number of carbonyl (C=O) groups is 1. The van der Waals surface area contributed by atoms with E-state index in [1.165, 1.54) is 6.26 Å². The summed E-state index contributed by atoms with van der Waals surface area (Å²) in [6.45, 7) is 0.0584. The van der Waals surface area contributed by atoms with E-state index < -0.39 is 11.9 Å². The molecule has 0 aromatic carbocycles. The standard InChI is InChI=1S/C7H9NO3/c8-4-5(7(9)10)6-2-1-3-11-6/h1-3,5H,4,8H2,(H,9,10)/t5-/m1/s1. The van der Waals surface area contributed by atoms with Crippen LogP contribution < -0.4 is 5.73 Å². The average Bonchev–Trinajstić information content (AvgIpc) is 2.40. The molecule has 0 radical (unpaired) electrons. The molecule has 1 aromatic rings. The largest absolute Gasteiger partial charge is 0.481 e. The lowest BCUT2D eigenvalue weighted by atomic mass is 10.1. The lowest BCUT2D eigenvalue weighted by Crippen LogP contribution is -2.20.